The van der Waals surface area contributed by atoms with Crippen LogP contribution in [-0.2, 0) is 0 Å². The first kappa shape index (κ1) is 12.6. The van der Waals surface area contributed by atoms with Gasteiger partial charge in [-0.1, -0.05) is 11.6 Å². The molecule has 3 nitrogen and oxygen atoms in total. The number of benzene rings is 1. The molecule has 1 heterocycles. The van der Waals surface area contributed by atoms with Gasteiger partial charge in [-0.15, -0.1) is 0 Å². The third-order valence-corrected chi connectivity index (χ3v) is 2.96. The Labute approximate surface area is 110 Å². The summed E-state index contributed by atoms with van der Waals surface area (Å²) in [6.45, 7) is 1.81. The quantitative estimate of drug-likeness (QED) is 0.903. The molecule has 1 aromatic heterocycles. The number of aryl methyl sites for hydroxylation is 1. The molecule has 0 fully saturated rings. The Morgan fingerprint density at radius 3 is 2.67 bits per heavy atom. The van der Waals surface area contributed by atoms with Crippen LogP contribution in [0.15, 0.2) is 30.3 Å². The van der Waals surface area contributed by atoms with E-state index in [0.29, 0.717) is 27.9 Å². The predicted molar refractivity (Wildman–Crippen MR) is 72.9 cm³/mol. The number of rotatable bonds is 2. The second-order valence-electron chi connectivity index (χ2n) is 4.00. The summed E-state index contributed by atoms with van der Waals surface area (Å²) in [7, 11) is 1.73. The number of hydrogen-bond acceptors (Lipinski definition) is 3. The smallest absolute Gasteiger partial charge is 0.146 e. The summed E-state index contributed by atoms with van der Waals surface area (Å²) in [5.74, 6) is 0.265. The highest BCUT2D eigenvalue weighted by Gasteiger charge is 2.11. The van der Waals surface area contributed by atoms with E-state index in [-0.39, 0.29) is 5.82 Å². The topological polar surface area (TPSA) is 42.2 Å². The maximum absolute atomic E-state index is 13.7. The van der Waals surface area contributed by atoms with Gasteiger partial charge in [0.05, 0.1) is 17.1 Å². The molecule has 18 heavy (non-hydrogen) atoms. The van der Waals surface area contributed by atoms with E-state index < -0.39 is 0 Å². The van der Waals surface area contributed by atoms with E-state index >= 15 is 0 Å². The zero-order valence-corrected chi connectivity index (χ0v) is 10.9. The van der Waals surface area contributed by atoms with Gasteiger partial charge >= 0.3 is 0 Å². The fourth-order valence-electron chi connectivity index (χ4n) is 1.61. The van der Waals surface area contributed by atoms with Crippen LogP contribution in [0, 0.1) is 12.7 Å². The van der Waals surface area contributed by atoms with Crippen molar-refractivity contribution in [3.8, 4) is 0 Å². The Morgan fingerprint density at radius 2 is 2.00 bits per heavy atom. The van der Waals surface area contributed by atoms with Crippen LogP contribution in [0.25, 0.3) is 0 Å². The van der Waals surface area contributed by atoms with E-state index in [1.807, 2.05) is 0 Å². The highest BCUT2D eigenvalue weighted by Crippen LogP contribution is 2.28. The molecule has 2 rings (SSSR count). The van der Waals surface area contributed by atoms with E-state index in [0.717, 1.165) is 0 Å². The fraction of sp³-hybridized carbons (Fsp3) is 0.154. The standard InChI is InChI=1S/C13H13ClFN3/c1-8-11(16)5-6-13(17-8)18(2)12-7-9(14)3-4-10(12)15/h3-7H,16H2,1-2H3. The van der Waals surface area contributed by atoms with Gasteiger partial charge in [0, 0.05) is 12.1 Å². The van der Waals surface area contributed by atoms with E-state index in [1.165, 1.54) is 12.1 Å². The lowest BCUT2D eigenvalue weighted by atomic mass is 10.2. The Balaban J connectivity index is 2.44. The van der Waals surface area contributed by atoms with Gasteiger partial charge < -0.3 is 10.6 Å². The van der Waals surface area contributed by atoms with Crippen molar-refractivity contribution in [1.29, 1.82) is 0 Å². The van der Waals surface area contributed by atoms with Crippen molar-refractivity contribution in [2.45, 2.75) is 6.92 Å². The number of nitrogens with two attached hydrogens (primary N) is 1. The van der Waals surface area contributed by atoms with Crippen molar-refractivity contribution in [3.05, 3.63) is 46.9 Å². The molecule has 0 aliphatic heterocycles. The van der Waals surface area contributed by atoms with Gasteiger partial charge in [0.1, 0.15) is 11.6 Å². The van der Waals surface area contributed by atoms with Crippen LogP contribution in [0.5, 0.6) is 0 Å². The number of aromatic nitrogens is 1. The Kier molecular flexibility index (Phi) is 3.39. The Bertz CT molecular complexity index is 586. The number of nitrogens with zero attached hydrogens (tertiary/aromatic N) is 2. The maximum atomic E-state index is 13.7. The van der Waals surface area contributed by atoms with Gasteiger partial charge in [0.15, 0.2) is 0 Å². The first-order chi connectivity index (χ1) is 8.49. The third kappa shape index (κ3) is 2.38. The normalized spacial score (nSPS) is 10.4. The van der Waals surface area contributed by atoms with Crippen LogP contribution in [-0.4, -0.2) is 12.0 Å². The lowest BCUT2D eigenvalue weighted by Gasteiger charge is -2.20. The average Bonchev–Trinajstić information content (AvgIpc) is 2.35. The van der Waals surface area contributed by atoms with Gasteiger partial charge in [-0.3, -0.25) is 0 Å². The van der Waals surface area contributed by atoms with E-state index in [9.17, 15) is 4.39 Å². The molecule has 0 saturated heterocycles. The van der Waals surface area contributed by atoms with Gasteiger partial charge in [-0.25, -0.2) is 9.37 Å². The van der Waals surface area contributed by atoms with Crippen molar-refractivity contribution >= 4 is 28.8 Å². The summed E-state index contributed by atoms with van der Waals surface area (Å²) in [5.41, 5.74) is 7.40. The highest BCUT2D eigenvalue weighted by atomic mass is 35.5. The fourth-order valence-corrected chi connectivity index (χ4v) is 1.78. The summed E-state index contributed by atoms with van der Waals surface area (Å²) in [6.07, 6.45) is 0. The summed E-state index contributed by atoms with van der Waals surface area (Å²) in [4.78, 5) is 5.94. The number of hydrogen-bond donors (Lipinski definition) is 1. The van der Waals surface area contributed by atoms with E-state index in [2.05, 4.69) is 4.98 Å². The van der Waals surface area contributed by atoms with Crippen molar-refractivity contribution in [3.63, 3.8) is 0 Å². The van der Waals surface area contributed by atoms with Crippen molar-refractivity contribution in [2.24, 2.45) is 0 Å². The molecule has 2 N–H and O–H groups in total. The summed E-state index contributed by atoms with van der Waals surface area (Å²) >= 11 is 5.87. The largest absolute Gasteiger partial charge is 0.397 e. The zero-order valence-electron chi connectivity index (χ0n) is 10.1. The number of nitrogen functional groups attached to an aromatic ring is 1. The summed E-state index contributed by atoms with van der Waals surface area (Å²) in [6, 6.07) is 7.89. The molecule has 1 aromatic carbocycles. The minimum atomic E-state index is -0.349. The molecular formula is C13H13ClFN3. The predicted octanol–water partition coefficient (Wildman–Crippen LogP) is 3.53. The molecule has 0 saturated carbocycles. The molecular weight excluding hydrogens is 253 g/mol. The van der Waals surface area contributed by atoms with Crippen LogP contribution >= 0.6 is 11.6 Å². The molecule has 5 heteroatoms. The summed E-state index contributed by atoms with van der Waals surface area (Å²) in [5, 5.41) is 0.477. The van der Waals surface area contributed by atoms with Crippen LogP contribution in [0.2, 0.25) is 5.02 Å². The second-order valence-corrected chi connectivity index (χ2v) is 4.44. The van der Waals surface area contributed by atoms with Gasteiger partial charge in [0.25, 0.3) is 0 Å². The molecule has 2 aromatic rings. The molecule has 0 bridgehead atoms. The van der Waals surface area contributed by atoms with Gasteiger partial charge in [-0.05, 0) is 37.3 Å². The monoisotopic (exact) mass is 265 g/mol. The van der Waals surface area contributed by atoms with E-state index in [1.54, 1.807) is 37.1 Å². The molecule has 0 amide bonds. The average molecular weight is 266 g/mol. The van der Waals surface area contributed by atoms with Crippen molar-refractivity contribution in [1.82, 2.24) is 4.98 Å². The first-order valence-corrected chi connectivity index (χ1v) is 5.78. The second kappa shape index (κ2) is 4.82. The molecule has 0 aliphatic carbocycles. The van der Waals surface area contributed by atoms with Gasteiger partial charge in [-0.2, -0.15) is 0 Å². The SMILES string of the molecule is Cc1nc(N(C)c2cc(Cl)ccc2F)ccc1N. The lowest BCUT2D eigenvalue weighted by Crippen LogP contribution is -2.13. The maximum Gasteiger partial charge on any atom is 0.146 e. The number of halogens is 2. The molecule has 94 valence electrons. The van der Waals surface area contributed by atoms with Crippen LogP contribution in [0.3, 0.4) is 0 Å². The molecule has 0 atom stereocenters. The molecule has 0 radical (unpaired) electrons. The lowest BCUT2D eigenvalue weighted by molar-refractivity contribution is 0.627. The molecule has 0 spiro atoms. The van der Waals surface area contributed by atoms with Crippen molar-refractivity contribution in [2.75, 3.05) is 17.7 Å². The van der Waals surface area contributed by atoms with E-state index in [4.69, 9.17) is 17.3 Å². The van der Waals surface area contributed by atoms with Gasteiger partial charge in [0.2, 0.25) is 0 Å². The Morgan fingerprint density at radius 1 is 1.28 bits per heavy atom. The first-order valence-electron chi connectivity index (χ1n) is 5.41. The Hall–Kier alpha value is -1.81. The molecule has 0 aliphatic rings. The summed E-state index contributed by atoms with van der Waals surface area (Å²) < 4.78 is 13.7. The minimum absolute atomic E-state index is 0.349. The van der Waals surface area contributed by atoms with Crippen LogP contribution in [0.1, 0.15) is 5.69 Å². The van der Waals surface area contributed by atoms with Crippen LogP contribution in [0.4, 0.5) is 21.6 Å². The number of pyridine rings is 1. The number of anilines is 3. The molecule has 0 unspecified atom stereocenters. The van der Waals surface area contributed by atoms with Crippen molar-refractivity contribution < 1.29 is 4.39 Å². The third-order valence-electron chi connectivity index (χ3n) is 2.73. The minimum Gasteiger partial charge on any atom is -0.397 e. The zero-order chi connectivity index (χ0) is 13.3. The van der Waals surface area contributed by atoms with Crippen LogP contribution < -0.4 is 10.6 Å². The highest BCUT2D eigenvalue weighted by molar-refractivity contribution is 6.30.